The summed E-state index contributed by atoms with van der Waals surface area (Å²) in [6.07, 6.45) is -3.79. The molecular formula is C12H16O4S. The van der Waals surface area contributed by atoms with Crippen molar-refractivity contribution in [1.29, 1.82) is 0 Å². The van der Waals surface area contributed by atoms with Gasteiger partial charge in [-0.3, -0.25) is 0 Å². The maximum absolute atomic E-state index is 9.83. The Kier molecular flexibility index (Phi) is 4.06. The van der Waals surface area contributed by atoms with E-state index < -0.39 is 29.9 Å². The predicted molar refractivity (Wildman–Crippen MR) is 64.7 cm³/mol. The Morgan fingerprint density at radius 2 is 1.65 bits per heavy atom. The van der Waals surface area contributed by atoms with Crippen LogP contribution in [-0.4, -0.2) is 45.2 Å². The fourth-order valence-electron chi connectivity index (χ4n) is 1.74. The van der Waals surface area contributed by atoms with Gasteiger partial charge in [-0.1, -0.05) is 30.0 Å². The lowest BCUT2D eigenvalue weighted by atomic mass is 10.0. The first-order chi connectivity index (χ1) is 8.09. The third-order valence-corrected chi connectivity index (χ3v) is 3.97. The van der Waals surface area contributed by atoms with E-state index in [-0.39, 0.29) is 0 Å². The highest BCUT2D eigenvalue weighted by atomic mass is 32.2. The molecule has 1 saturated heterocycles. The number of aliphatic hydroxyl groups is 3. The zero-order valence-corrected chi connectivity index (χ0v) is 10.2. The highest BCUT2D eigenvalue weighted by Gasteiger charge is 2.42. The average molecular weight is 256 g/mol. The van der Waals surface area contributed by atoms with Crippen molar-refractivity contribution in [3.05, 3.63) is 30.3 Å². The molecule has 0 aliphatic carbocycles. The fourth-order valence-corrected chi connectivity index (χ4v) is 2.86. The monoisotopic (exact) mass is 256 g/mol. The van der Waals surface area contributed by atoms with Crippen molar-refractivity contribution < 1.29 is 20.1 Å². The summed E-state index contributed by atoms with van der Waals surface area (Å²) >= 11 is 1.34. The molecule has 0 saturated carbocycles. The van der Waals surface area contributed by atoms with Crippen molar-refractivity contribution in [2.75, 3.05) is 0 Å². The molecule has 5 heteroatoms. The van der Waals surface area contributed by atoms with Crippen molar-refractivity contribution in [3.63, 3.8) is 0 Å². The molecule has 0 aromatic heterocycles. The quantitative estimate of drug-likeness (QED) is 0.723. The minimum absolute atomic E-state index is 0.491. The molecule has 0 spiro atoms. The summed E-state index contributed by atoms with van der Waals surface area (Å²) in [4.78, 5) is 0.951. The van der Waals surface area contributed by atoms with Crippen molar-refractivity contribution in [2.24, 2.45) is 0 Å². The number of thioether (sulfide) groups is 1. The minimum atomic E-state index is -1.17. The first-order valence-corrected chi connectivity index (χ1v) is 6.39. The predicted octanol–water partition coefficient (Wildman–Crippen LogP) is 0.606. The van der Waals surface area contributed by atoms with Crippen molar-refractivity contribution in [3.8, 4) is 0 Å². The van der Waals surface area contributed by atoms with E-state index in [0.29, 0.717) is 0 Å². The van der Waals surface area contributed by atoms with Gasteiger partial charge in [0.2, 0.25) is 0 Å². The van der Waals surface area contributed by atoms with Crippen LogP contribution in [-0.2, 0) is 4.74 Å². The standard InChI is InChI=1S/C12H16O4S/c1-7-9(13)10(14)11(15)12(16-7)17-8-5-3-2-4-6-8/h2-7,9-15H,1H3/t7-,9-,10+,11-,12+/m1/s1. The highest BCUT2D eigenvalue weighted by molar-refractivity contribution is 7.99. The molecule has 17 heavy (non-hydrogen) atoms. The van der Waals surface area contributed by atoms with Crippen LogP contribution in [0.1, 0.15) is 6.92 Å². The molecule has 0 bridgehead atoms. The van der Waals surface area contributed by atoms with E-state index in [1.54, 1.807) is 6.92 Å². The van der Waals surface area contributed by atoms with Gasteiger partial charge in [-0.25, -0.2) is 0 Å². The van der Waals surface area contributed by atoms with Crippen molar-refractivity contribution in [1.82, 2.24) is 0 Å². The summed E-state index contributed by atoms with van der Waals surface area (Å²) in [5, 5.41) is 29.1. The molecule has 4 nitrogen and oxygen atoms in total. The van der Waals surface area contributed by atoms with E-state index in [1.807, 2.05) is 30.3 Å². The van der Waals surface area contributed by atoms with Gasteiger partial charge in [0, 0.05) is 4.90 Å². The number of hydrogen-bond donors (Lipinski definition) is 3. The van der Waals surface area contributed by atoms with E-state index in [4.69, 9.17) is 4.74 Å². The summed E-state index contributed by atoms with van der Waals surface area (Å²) in [6.45, 7) is 1.68. The second-order valence-corrected chi connectivity index (χ2v) is 5.28. The Labute approximate surface area is 104 Å². The van der Waals surface area contributed by atoms with Gasteiger partial charge in [0.1, 0.15) is 23.7 Å². The normalized spacial score (nSPS) is 38.0. The van der Waals surface area contributed by atoms with E-state index in [1.165, 1.54) is 11.8 Å². The Hall–Kier alpha value is -0.590. The Morgan fingerprint density at radius 3 is 2.29 bits per heavy atom. The topological polar surface area (TPSA) is 69.9 Å². The van der Waals surface area contributed by atoms with Gasteiger partial charge in [-0.05, 0) is 19.1 Å². The second-order valence-electron chi connectivity index (χ2n) is 4.11. The molecule has 0 radical (unpaired) electrons. The Balaban J connectivity index is 2.06. The summed E-state index contributed by atoms with van der Waals surface area (Å²) in [6, 6.07) is 9.51. The molecule has 1 aliphatic rings. The van der Waals surface area contributed by atoms with Crippen LogP contribution in [0.3, 0.4) is 0 Å². The van der Waals surface area contributed by atoms with Crippen LogP contribution in [0.4, 0.5) is 0 Å². The van der Waals surface area contributed by atoms with Crippen LogP contribution in [0.25, 0.3) is 0 Å². The van der Waals surface area contributed by atoms with Crippen LogP contribution < -0.4 is 0 Å². The first-order valence-electron chi connectivity index (χ1n) is 5.51. The lowest BCUT2D eigenvalue weighted by molar-refractivity contribution is -0.192. The zero-order chi connectivity index (χ0) is 12.4. The molecule has 0 amide bonds. The zero-order valence-electron chi connectivity index (χ0n) is 9.43. The SMILES string of the molecule is C[C@H]1O[C@@H](Sc2ccccc2)[C@H](O)[C@@H](O)[C@@H]1O. The van der Waals surface area contributed by atoms with Crippen LogP contribution in [0.2, 0.25) is 0 Å². The molecule has 1 fully saturated rings. The van der Waals surface area contributed by atoms with E-state index in [9.17, 15) is 15.3 Å². The molecule has 2 rings (SSSR count). The highest BCUT2D eigenvalue weighted by Crippen LogP contribution is 2.32. The molecule has 3 N–H and O–H groups in total. The molecule has 1 heterocycles. The molecule has 1 aromatic rings. The largest absolute Gasteiger partial charge is 0.388 e. The van der Waals surface area contributed by atoms with E-state index >= 15 is 0 Å². The average Bonchev–Trinajstić information content (AvgIpc) is 2.35. The second kappa shape index (κ2) is 5.37. The first kappa shape index (κ1) is 12.9. The Morgan fingerprint density at radius 1 is 1.00 bits per heavy atom. The molecule has 1 aliphatic heterocycles. The van der Waals surface area contributed by atoms with Crippen molar-refractivity contribution in [2.45, 2.75) is 41.7 Å². The third-order valence-electron chi connectivity index (χ3n) is 2.80. The van der Waals surface area contributed by atoms with Gasteiger partial charge in [-0.2, -0.15) is 0 Å². The third kappa shape index (κ3) is 2.81. The lowest BCUT2D eigenvalue weighted by Gasteiger charge is -2.38. The molecular weight excluding hydrogens is 240 g/mol. The summed E-state index contributed by atoms with van der Waals surface area (Å²) in [7, 11) is 0. The van der Waals surface area contributed by atoms with Gasteiger partial charge in [0.15, 0.2) is 0 Å². The summed E-state index contributed by atoms with van der Waals surface area (Å²) in [5.41, 5.74) is -0.564. The van der Waals surface area contributed by atoms with Gasteiger partial charge in [0.05, 0.1) is 6.10 Å². The maximum atomic E-state index is 9.83. The Bertz CT molecular complexity index is 359. The van der Waals surface area contributed by atoms with Crippen molar-refractivity contribution >= 4 is 11.8 Å². The van der Waals surface area contributed by atoms with Gasteiger partial charge in [-0.15, -0.1) is 0 Å². The number of hydrogen-bond acceptors (Lipinski definition) is 5. The van der Waals surface area contributed by atoms with Crippen LogP contribution in [0, 0.1) is 0 Å². The fraction of sp³-hybridized carbons (Fsp3) is 0.500. The van der Waals surface area contributed by atoms with Gasteiger partial charge in [0.25, 0.3) is 0 Å². The van der Waals surface area contributed by atoms with Gasteiger partial charge >= 0.3 is 0 Å². The number of ether oxygens (including phenoxy) is 1. The van der Waals surface area contributed by atoms with E-state index in [2.05, 4.69) is 0 Å². The number of rotatable bonds is 2. The van der Waals surface area contributed by atoms with Crippen LogP contribution >= 0.6 is 11.8 Å². The molecule has 1 aromatic carbocycles. The summed E-state index contributed by atoms with van der Waals surface area (Å²) in [5.74, 6) is 0. The van der Waals surface area contributed by atoms with Crippen LogP contribution in [0.15, 0.2) is 35.2 Å². The maximum Gasteiger partial charge on any atom is 0.136 e. The van der Waals surface area contributed by atoms with E-state index in [0.717, 1.165) is 4.90 Å². The minimum Gasteiger partial charge on any atom is -0.388 e. The summed E-state index contributed by atoms with van der Waals surface area (Å²) < 4.78 is 5.49. The lowest BCUT2D eigenvalue weighted by Crippen LogP contribution is -2.55. The smallest absolute Gasteiger partial charge is 0.136 e. The number of aliphatic hydroxyl groups excluding tert-OH is 3. The van der Waals surface area contributed by atoms with Crippen LogP contribution in [0.5, 0.6) is 0 Å². The number of benzene rings is 1. The van der Waals surface area contributed by atoms with Gasteiger partial charge < -0.3 is 20.1 Å². The molecule has 5 atom stereocenters. The molecule has 0 unspecified atom stereocenters. The molecule has 94 valence electrons.